The molecule has 0 bridgehead atoms. The maximum Gasteiger partial charge on any atom is 0.224 e. The Morgan fingerprint density at radius 3 is 3.00 bits per heavy atom. The molecule has 1 aliphatic rings. The van der Waals surface area contributed by atoms with Crippen molar-refractivity contribution in [3.8, 4) is 0 Å². The minimum absolute atomic E-state index is 0.295. The number of hydrogen-bond donors (Lipinski definition) is 2. The van der Waals surface area contributed by atoms with Crippen molar-refractivity contribution in [2.45, 2.75) is 39.0 Å². The Labute approximate surface area is 114 Å². The highest BCUT2D eigenvalue weighted by molar-refractivity contribution is 5.40. The van der Waals surface area contributed by atoms with Gasteiger partial charge in [-0.1, -0.05) is 26.2 Å². The first-order valence-electron chi connectivity index (χ1n) is 7.13. The number of hydrogen-bond acceptors (Lipinski definition) is 4. The molecule has 1 fully saturated rings. The van der Waals surface area contributed by atoms with E-state index >= 15 is 0 Å². The van der Waals surface area contributed by atoms with Gasteiger partial charge in [0.05, 0.1) is 6.20 Å². The Morgan fingerprint density at radius 1 is 1.42 bits per heavy atom. The fourth-order valence-electron chi connectivity index (χ4n) is 2.83. The molecule has 1 aromatic rings. The van der Waals surface area contributed by atoms with Crippen molar-refractivity contribution in [2.24, 2.45) is 11.8 Å². The van der Waals surface area contributed by atoms with Crippen LogP contribution >= 0.6 is 0 Å². The van der Waals surface area contributed by atoms with Crippen LogP contribution in [0.1, 0.15) is 39.0 Å². The minimum atomic E-state index is -0.393. The van der Waals surface area contributed by atoms with Crippen molar-refractivity contribution >= 4 is 11.8 Å². The molecule has 0 spiro atoms. The quantitative estimate of drug-likeness (QED) is 0.858. The minimum Gasteiger partial charge on any atom is -0.367 e. The third kappa shape index (κ3) is 4.04. The molecule has 4 nitrogen and oxygen atoms in total. The summed E-state index contributed by atoms with van der Waals surface area (Å²) in [6.07, 6.45) is 7.58. The summed E-state index contributed by atoms with van der Waals surface area (Å²) in [6.45, 7) is 3.09. The summed E-state index contributed by atoms with van der Waals surface area (Å²) in [6, 6.07) is 0. The normalized spacial score (nSPS) is 23.1. The predicted octanol–water partition coefficient (Wildman–Crippen LogP) is 3.29. The second-order valence-electron chi connectivity index (χ2n) is 5.49. The van der Waals surface area contributed by atoms with Gasteiger partial charge >= 0.3 is 0 Å². The van der Waals surface area contributed by atoms with E-state index in [-0.39, 0.29) is 0 Å². The maximum absolute atomic E-state index is 13.5. The van der Waals surface area contributed by atoms with Crippen LogP contribution in [-0.2, 0) is 0 Å². The van der Waals surface area contributed by atoms with E-state index in [1.54, 1.807) is 7.05 Å². The Hall–Kier alpha value is -1.39. The van der Waals surface area contributed by atoms with Gasteiger partial charge in [0.15, 0.2) is 11.6 Å². The zero-order chi connectivity index (χ0) is 13.7. The van der Waals surface area contributed by atoms with Crippen molar-refractivity contribution in [1.29, 1.82) is 0 Å². The van der Waals surface area contributed by atoms with Gasteiger partial charge < -0.3 is 10.6 Å². The molecule has 1 saturated carbocycles. The van der Waals surface area contributed by atoms with Crippen LogP contribution < -0.4 is 10.6 Å². The summed E-state index contributed by atoms with van der Waals surface area (Å²) in [4.78, 5) is 7.91. The topological polar surface area (TPSA) is 49.8 Å². The van der Waals surface area contributed by atoms with E-state index in [0.29, 0.717) is 11.8 Å². The van der Waals surface area contributed by atoms with Crippen LogP contribution in [0.4, 0.5) is 16.2 Å². The highest BCUT2D eigenvalue weighted by Crippen LogP contribution is 2.30. The molecule has 0 radical (unpaired) electrons. The lowest BCUT2D eigenvalue weighted by molar-refractivity contribution is 0.274. The molecule has 2 N–H and O–H groups in total. The monoisotopic (exact) mass is 266 g/mol. The zero-order valence-electron chi connectivity index (χ0n) is 11.7. The summed E-state index contributed by atoms with van der Waals surface area (Å²) in [5.41, 5.74) is 0. The summed E-state index contributed by atoms with van der Waals surface area (Å²) < 4.78 is 13.5. The number of anilines is 2. The van der Waals surface area contributed by atoms with Gasteiger partial charge in [0, 0.05) is 13.6 Å². The van der Waals surface area contributed by atoms with E-state index in [1.807, 2.05) is 0 Å². The maximum atomic E-state index is 13.5. The van der Waals surface area contributed by atoms with E-state index in [9.17, 15) is 4.39 Å². The number of halogens is 1. The number of nitrogens with zero attached hydrogens (tertiary/aromatic N) is 2. The van der Waals surface area contributed by atoms with Crippen LogP contribution in [-0.4, -0.2) is 23.6 Å². The molecule has 1 aromatic heterocycles. The van der Waals surface area contributed by atoms with Crippen LogP contribution in [0, 0.1) is 17.7 Å². The highest BCUT2D eigenvalue weighted by atomic mass is 19.1. The van der Waals surface area contributed by atoms with Crippen molar-refractivity contribution in [2.75, 3.05) is 24.2 Å². The Morgan fingerprint density at radius 2 is 2.26 bits per heavy atom. The fourth-order valence-corrected chi connectivity index (χ4v) is 2.83. The smallest absolute Gasteiger partial charge is 0.224 e. The standard InChI is InChI=1S/C14H23FN4/c1-10-4-3-5-11(8-10)6-7-17-13-12(15)9-18-14(16-2)19-13/h9-11H,3-8H2,1-2H3,(H2,16,17,18,19). The van der Waals surface area contributed by atoms with Gasteiger partial charge in [-0.15, -0.1) is 0 Å². The summed E-state index contributed by atoms with van der Waals surface area (Å²) in [5, 5.41) is 5.89. The van der Waals surface area contributed by atoms with Crippen LogP contribution in [0.2, 0.25) is 0 Å². The third-order valence-electron chi connectivity index (χ3n) is 3.86. The van der Waals surface area contributed by atoms with Crippen LogP contribution in [0.5, 0.6) is 0 Å². The third-order valence-corrected chi connectivity index (χ3v) is 3.86. The van der Waals surface area contributed by atoms with Crippen molar-refractivity contribution in [3.05, 3.63) is 12.0 Å². The van der Waals surface area contributed by atoms with Gasteiger partial charge in [-0.2, -0.15) is 4.98 Å². The van der Waals surface area contributed by atoms with Crippen LogP contribution in [0.15, 0.2) is 6.20 Å². The first-order chi connectivity index (χ1) is 9.19. The average molecular weight is 266 g/mol. The van der Waals surface area contributed by atoms with Gasteiger partial charge in [-0.3, -0.25) is 0 Å². The number of rotatable bonds is 5. The molecular weight excluding hydrogens is 243 g/mol. The Kier molecular flexibility index (Phi) is 4.93. The predicted molar refractivity (Wildman–Crippen MR) is 75.8 cm³/mol. The van der Waals surface area contributed by atoms with Crippen molar-refractivity contribution < 1.29 is 4.39 Å². The Balaban J connectivity index is 1.81. The van der Waals surface area contributed by atoms with Crippen molar-refractivity contribution in [3.63, 3.8) is 0 Å². The molecule has 19 heavy (non-hydrogen) atoms. The molecule has 2 rings (SSSR count). The van der Waals surface area contributed by atoms with Crippen LogP contribution in [0.3, 0.4) is 0 Å². The Bertz CT molecular complexity index is 410. The molecule has 2 atom stereocenters. The molecule has 0 amide bonds. The molecule has 0 aromatic carbocycles. The van der Waals surface area contributed by atoms with E-state index < -0.39 is 5.82 Å². The molecule has 0 aliphatic heterocycles. The SMILES string of the molecule is CNc1ncc(F)c(NCCC2CCCC(C)C2)n1. The van der Waals surface area contributed by atoms with Crippen LogP contribution in [0.25, 0.3) is 0 Å². The molecule has 106 valence electrons. The first-order valence-corrected chi connectivity index (χ1v) is 7.13. The summed E-state index contributed by atoms with van der Waals surface area (Å²) in [5.74, 6) is 1.95. The second-order valence-corrected chi connectivity index (χ2v) is 5.49. The van der Waals surface area contributed by atoms with Gasteiger partial charge in [-0.05, 0) is 24.7 Å². The van der Waals surface area contributed by atoms with Gasteiger partial charge in [-0.25, -0.2) is 9.37 Å². The van der Waals surface area contributed by atoms with Gasteiger partial charge in [0.25, 0.3) is 0 Å². The second kappa shape index (κ2) is 6.68. The molecule has 2 unspecified atom stereocenters. The van der Waals surface area contributed by atoms with E-state index in [0.717, 1.165) is 24.8 Å². The van der Waals surface area contributed by atoms with Crippen molar-refractivity contribution in [1.82, 2.24) is 9.97 Å². The van der Waals surface area contributed by atoms with E-state index in [2.05, 4.69) is 27.5 Å². The zero-order valence-corrected chi connectivity index (χ0v) is 11.7. The largest absolute Gasteiger partial charge is 0.367 e. The summed E-state index contributed by atoms with van der Waals surface area (Å²) >= 11 is 0. The number of aromatic nitrogens is 2. The number of nitrogens with one attached hydrogen (secondary N) is 2. The summed E-state index contributed by atoms with van der Waals surface area (Å²) in [7, 11) is 1.72. The fraction of sp³-hybridized carbons (Fsp3) is 0.714. The molecule has 1 aliphatic carbocycles. The first kappa shape index (κ1) is 14.0. The van der Waals surface area contributed by atoms with E-state index in [4.69, 9.17) is 0 Å². The average Bonchev–Trinajstić information content (AvgIpc) is 2.41. The molecule has 0 saturated heterocycles. The highest BCUT2D eigenvalue weighted by Gasteiger charge is 2.18. The molecule has 5 heteroatoms. The lowest BCUT2D eigenvalue weighted by Crippen LogP contribution is -2.17. The van der Waals surface area contributed by atoms with Gasteiger partial charge in [0.1, 0.15) is 0 Å². The van der Waals surface area contributed by atoms with E-state index in [1.165, 1.54) is 31.9 Å². The lowest BCUT2D eigenvalue weighted by Gasteiger charge is -2.26. The molecular formula is C14H23FN4. The van der Waals surface area contributed by atoms with Gasteiger partial charge in [0.2, 0.25) is 5.95 Å². The molecule has 1 heterocycles. The lowest BCUT2D eigenvalue weighted by atomic mass is 9.81.